The van der Waals surface area contributed by atoms with E-state index in [1.165, 1.54) is 12.1 Å². The van der Waals surface area contributed by atoms with E-state index in [4.69, 9.17) is 21.0 Å². The Labute approximate surface area is 211 Å². The average molecular weight is 499 g/mol. The number of hydrogen-bond acceptors (Lipinski definition) is 5. The van der Waals surface area contributed by atoms with Crippen molar-refractivity contribution in [2.24, 2.45) is 0 Å². The minimum atomic E-state index is -0.327. The van der Waals surface area contributed by atoms with Gasteiger partial charge in [-0.3, -0.25) is 4.79 Å². The van der Waals surface area contributed by atoms with Gasteiger partial charge in [0.15, 0.2) is 0 Å². The zero-order chi connectivity index (χ0) is 24.6. The quantitative estimate of drug-likeness (QED) is 0.265. The van der Waals surface area contributed by atoms with Gasteiger partial charge in [-0.05, 0) is 61.4 Å². The molecule has 0 bridgehead atoms. The maximum atomic E-state index is 13.9. The molecule has 6 rings (SSSR count). The van der Waals surface area contributed by atoms with Crippen molar-refractivity contribution >= 4 is 28.4 Å². The lowest BCUT2D eigenvalue weighted by atomic mass is 10.0. The molecule has 3 aromatic carbocycles. The lowest BCUT2D eigenvalue weighted by Gasteiger charge is -2.22. The zero-order valence-electron chi connectivity index (χ0n) is 19.1. The Morgan fingerprint density at radius 1 is 1.00 bits per heavy atom. The van der Waals surface area contributed by atoms with Gasteiger partial charge in [-0.2, -0.15) is 0 Å². The minimum absolute atomic E-state index is 0.0920. The standard InChI is InChI=1S/C28H20ClFN4O2/c29-23-7-3-1-6-21(23)27-33-32-26(36-27)16-34(19-13-14-19)28(35)22-15-25(17-9-11-18(30)12-10-17)31-24-8-4-2-5-20(22)24/h1-12,15,19H,13-14,16H2. The number of rotatable bonds is 6. The normalized spacial score (nSPS) is 13.2. The van der Waals surface area contributed by atoms with Crippen LogP contribution < -0.4 is 0 Å². The summed E-state index contributed by atoms with van der Waals surface area (Å²) in [5.74, 6) is 0.178. The lowest BCUT2D eigenvalue weighted by molar-refractivity contribution is 0.0716. The number of pyridine rings is 1. The van der Waals surface area contributed by atoms with Crippen molar-refractivity contribution in [3.63, 3.8) is 0 Å². The first-order valence-electron chi connectivity index (χ1n) is 11.6. The van der Waals surface area contributed by atoms with Crippen LogP contribution in [0.15, 0.2) is 83.3 Å². The number of amides is 1. The van der Waals surface area contributed by atoms with E-state index in [1.54, 1.807) is 29.2 Å². The van der Waals surface area contributed by atoms with E-state index in [0.717, 1.165) is 23.8 Å². The van der Waals surface area contributed by atoms with Crippen molar-refractivity contribution in [2.45, 2.75) is 25.4 Å². The average Bonchev–Trinajstić information content (AvgIpc) is 3.64. The first-order valence-corrected chi connectivity index (χ1v) is 12.0. The van der Waals surface area contributed by atoms with Crippen molar-refractivity contribution in [2.75, 3.05) is 0 Å². The molecule has 1 saturated carbocycles. The zero-order valence-corrected chi connectivity index (χ0v) is 19.8. The molecular weight excluding hydrogens is 479 g/mol. The van der Waals surface area contributed by atoms with Crippen molar-refractivity contribution in [1.82, 2.24) is 20.1 Å². The molecule has 0 atom stereocenters. The second-order valence-corrected chi connectivity index (χ2v) is 9.13. The molecule has 0 aliphatic heterocycles. The maximum Gasteiger partial charge on any atom is 0.255 e. The van der Waals surface area contributed by atoms with Crippen LogP contribution in [0.25, 0.3) is 33.6 Å². The first kappa shape index (κ1) is 22.4. The van der Waals surface area contributed by atoms with Gasteiger partial charge in [-0.15, -0.1) is 10.2 Å². The molecule has 0 radical (unpaired) electrons. The predicted molar refractivity (Wildman–Crippen MR) is 135 cm³/mol. The highest BCUT2D eigenvalue weighted by atomic mass is 35.5. The summed E-state index contributed by atoms with van der Waals surface area (Å²) in [5.41, 5.74) is 3.20. The van der Waals surface area contributed by atoms with Gasteiger partial charge in [-0.1, -0.05) is 41.9 Å². The van der Waals surface area contributed by atoms with Gasteiger partial charge in [0.2, 0.25) is 11.8 Å². The molecule has 36 heavy (non-hydrogen) atoms. The number of nitrogens with zero attached hydrogens (tertiary/aromatic N) is 4. The number of benzene rings is 3. The van der Waals surface area contributed by atoms with E-state index < -0.39 is 0 Å². The Hall–Kier alpha value is -4.10. The van der Waals surface area contributed by atoms with Crippen molar-refractivity contribution in [3.05, 3.63) is 101 Å². The minimum Gasteiger partial charge on any atom is -0.419 e. The molecule has 5 aromatic rings. The third-order valence-electron chi connectivity index (χ3n) is 6.21. The maximum absolute atomic E-state index is 13.9. The molecule has 2 aromatic heterocycles. The summed E-state index contributed by atoms with van der Waals surface area (Å²) in [6.07, 6.45) is 1.82. The molecule has 8 heteroatoms. The van der Waals surface area contributed by atoms with Gasteiger partial charge in [0.25, 0.3) is 5.91 Å². The van der Waals surface area contributed by atoms with Gasteiger partial charge < -0.3 is 9.32 Å². The summed E-state index contributed by atoms with van der Waals surface area (Å²) < 4.78 is 19.4. The van der Waals surface area contributed by atoms with Crippen molar-refractivity contribution < 1.29 is 13.6 Å². The van der Waals surface area contributed by atoms with Crippen LogP contribution in [-0.2, 0) is 6.54 Å². The smallest absolute Gasteiger partial charge is 0.255 e. The second-order valence-electron chi connectivity index (χ2n) is 8.72. The SMILES string of the molecule is O=C(c1cc(-c2ccc(F)cc2)nc2ccccc12)N(Cc1nnc(-c2ccccc2Cl)o1)C1CC1. The summed E-state index contributed by atoms with van der Waals surface area (Å²) in [6.45, 7) is 0.184. The molecule has 1 aliphatic carbocycles. The molecule has 1 aliphatic rings. The summed E-state index contributed by atoms with van der Waals surface area (Å²) >= 11 is 6.28. The summed E-state index contributed by atoms with van der Waals surface area (Å²) in [6, 6.07) is 22.7. The number of para-hydroxylation sites is 1. The Balaban J connectivity index is 1.36. The fraction of sp³-hybridized carbons (Fsp3) is 0.143. The number of fused-ring (bicyclic) bond motifs is 1. The highest BCUT2D eigenvalue weighted by Gasteiger charge is 2.35. The monoisotopic (exact) mass is 498 g/mol. The van der Waals surface area contributed by atoms with Crippen LogP contribution >= 0.6 is 11.6 Å². The topological polar surface area (TPSA) is 72.1 Å². The van der Waals surface area contributed by atoms with Crippen LogP contribution in [0.2, 0.25) is 5.02 Å². The van der Waals surface area contributed by atoms with E-state index >= 15 is 0 Å². The van der Waals surface area contributed by atoms with Gasteiger partial charge in [0.1, 0.15) is 5.82 Å². The molecule has 178 valence electrons. The van der Waals surface area contributed by atoms with E-state index in [0.29, 0.717) is 39.1 Å². The number of halogens is 2. The van der Waals surface area contributed by atoms with Crippen LogP contribution in [0.3, 0.4) is 0 Å². The van der Waals surface area contributed by atoms with Gasteiger partial charge >= 0.3 is 0 Å². The molecule has 1 fully saturated rings. The van der Waals surface area contributed by atoms with Crippen LogP contribution in [0.5, 0.6) is 0 Å². The molecule has 0 saturated heterocycles. The number of carbonyl (C=O) groups is 1. The molecule has 6 nitrogen and oxygen atoms in total. The highest BCUT2D eigenvalue weighted by Crippen LogP contribution is 2.33. The highest BCUT2D eigenvalue weighted by molar-refractivity contribution is 6.33. The first-order chi connectivity index (χ1) is 17.6. The van der Waals surface area contributed by atoms with Gasteiger partial charge in [-0.25, -0.2) is 9.37 Å². The molecule has 1 amide bonds. The second kappa shape index (κ2) is 9.17. The molecule has 2 heterocycles. The number of hydrogen-bond donors (Lipinski definition) is 0. The molecule has 0 unspecified atom stereocenters. The fourth-order valence-electron chi connectivity index (χ4n) is 4.24. The van der Waals surface area contributed by atoms with E-state index in [1.807, 2.05) is 42.5 Å². The molecule has 0 N–H and O–H groups in total. The summed E-state index contributed by atoms with van der Waals surface area (Å²) in [7, 11) is 0. The van der Waals surface area contributed by atoms with E-state index in [9.17, 15) is 9.18 Å². The van der Waals surface area contributed by atoms with Crippen molar-refractivity contribution in [3.8, 4) is 22.7 Å². The van der Waals surface area contributed by atoms with Crippen molar-refractivity contribution in [1.29, 1.82) is 0 Å². The van der Waals surface area contributed by atoms with Gasteiger partial charge in [0.05, 0.1) is 33.9 Å². The number of aromatic nitrogens is 3. The lowest BCUT2D eigenvalue weighted by Crippen LogP contribution is -2.33. The van der Waals surface area contributed by atoms with Gasteiger partial charge in [0, 0.05) is 17.0 Å². The fourth-order valence-corrected chi connectivity index (χ4v) is 4.45. The molecular formula is C28H20ClFN4O2. The molecule has 0 spiro atoms. The summed E-state index contributed by atoms with van der Waals surface area (Å²) in [4.78, 5) is 20.4. The Kier molecular flexibility index (Phi) is 5.70. The number of carbonyl (C=O) groups excluding carboxylic acids is 1. The van der Waals surface area contributed by atoms with Crippen LogP contribution in [0.4, 0.5) is 4.39 Å². The van der Waals surface area contributed by atoms with E-state index in [-0.39, 0.29) is 24.3 Å². The van der Waals surface area contributed by atoms with Crippen LogP contribution in [-0.4, -0.2) is 32.0 Å². The Morgan fingerprint density at radius 2 is 1.75 bits per heavy atom. The third kappa shape index (κ3) is 4.33. The Morgan fingerprint density at radius 3 is 2.53 bits per heavy atom. The predicted octanol–water partition coefficient (Wildman–Crippen LogP) is 6.55. The third-order valence-corrected chi connectivity index (χ3v) is 6.54. The van der Waals surface area contributed by atoms with Crippen LogP contribution in [0, 0.1) is 5.82 Å². The van der Waals surface area contributed by atoms with E-state index in [2.05, 4.69) is 10.2 Å². The van der Waals surface area contributed by atoms with Crippen LogP contribution in [0.1, 0.15) is 29.1 Å². The Bertz CT molecular complexity index is 1580. The summed E-state index contributed by atoms with van der Waals surface area (Å²) in [5, 5.41) is 9.59. The largest absolute Gasteiger partial charge is 0.419 e.